The molecule has 0 bridgehead atoms. The summed E-state index contributed by atoms with van der Waals surface area (Å²) in [6.07, 6.45) is 0.912. The minimum Gasteiger partial charge on any atom is -0.338 e. The van der Waals surface area contributed by atoms with Crippen molar-refractivity contribution in [3.05, 3.63) is 35.4 Å². The molecule has 0 saturated carbocycles. The summed E-state index contributed by atoms with van der Waals surface area (Å²) in [5.74, 6) is 0.287. The van der Waals surface area contributed by atoms with E-state index in [4.69, 9.17) is 5.26 Å². The van der Waals surface area contributed by atoms with Gasteiger partial charge in [-0.05, 0) is 31.5 Å². The molecule has 4 nitrogen and oxygen atoms in total. The molecule has 2 rings (SSSR count). The van der Waals surface area contributed by atoms with Gasteiger partial charge < -0.3 is 10.2 Å². The maximum Gasteiger partial charge on any atom is 0.227 e. The van der Waals surface area contributed by atoms with Gasteiger partial charge >= 0.3 is 0 Å². The van der Waals surface area contributed by atoms with E-state index in [9.17, 15) is 4.79 Å². The monoisotopic (exact) mass is 257 g/mol. The molecular formula is C15H19N3O. The molecule has 0 radical (unpaired) electrons. The Morgan fingerprint density at radius 2 is 2.32 bits per heavy atom. The van der Waals surface area contributed by atoms with E-state index in [2.05, 4.69) is 11.4 Å². The molecule has 0 spiro atoms. The minimum absolute atomic E-state index is 0.0918. The Hall–Kier alpha value is -1.86. The van der Waals surface area contributed by atoms with Gasteiger partial charge in [-0.15, -0.1) is 0 Å². The molecule has 4 heteroatoms. The van der Waals surface area contributed by atoms with Gasteiger partial charge in [-0.25, -0.2) is 0 Å². The van der Waals surface area contributed by atoms with E-state index < -0.39 is 0 Å². The van der Waals surface area contributed by atoms with Crippen molar-refractivity contribution in [3.63, 3.8) is 0 Å². The third-order valence-electron chi connectivity index (χ3n) is 3.60. The molecule has 1 amide bonds. The van der Waals surface area contributed by atoms with E-state index in [1.807, 2.05) is 30.0 Å². The third-order valence-corrected chi connectivity index (χ3v) is 3.60. The van der Waals surface area contributed by atoms with Crippen LogP contribution in [0.15, 0.2) is 24.3 Å². The van der Waals surface area contributed by atoms with Crippen LogP contribution in [0.4, 0.5) is 0 Å². The molecule has 1 N–H and O–H groups in total. The topological polar surface area (TPSA) is 56.1 Å². The van der Waals surface area contributed by atoms with E-state index >= 15 is 0 Å². The zero-order chi connectivity index (χ0) is 13.7. The van der Waals surface area contributed by atoms with Crippen molar-refractivity contribution in [2.75, 3.05) is 19.6 Å². The molecule has 1 aliphatic heterocycles. The van der Waals surface area contributed by atoms with Crippen LogP contribution < -0.4 is 5.32 Å². The van der Waals surface area contributed by atoms with Crippen molar-refractivity contribution in [1.82, 2.24) is 10.2 Å². The maximum atomic E-state index is 12.4. The number of nitrogens with zero attached hydrogens (tertiary/aromatic N) is 2. The van der Waals surface area contributed by atoms with Crippen LogP contribution in [-0.4, -0.2) is 30.4 Å². The molecule has 1 heterocycles. The third kappa shape index (κ3) is 3.12. The highest BCUT2D eigenvalue weighted by molar-refractivity contribution is 5.79. The lowest BCUT2D eigenvalue weighted by molar-refractivity contribution is -0.135. The van der Waals surface area contributed by atoms with E-state index in [1.165, 1.54) is 0 Å². The first-order valence-corrected chi connectivity index (χ1v) is 6.73. The normalized spacial score (nSPS) is 18.0. The van der Waals surface area contributed by atoms with Gasteiger partial charge in [-0.2, -0.15) is 5.26 Å². The Labute approximate surface area is 114 Å². The van der Waals surface area contributed by atoms with Crippen LogP contribution in [0.5, 0.6) is 0 Å². The molecule has 1 aliphatic rings. The predicted molar refractivity (Wildman–Crippen MR) is 73.2 cm³/mol. The number of amides is 1. The molecule has 1 fully saturated rings. The van der Waals surface area contributed by atoms with Crippen LogP contribution in [0.25, 0.3) is 0 Å². The number of nitrogens with one attached hydrogen (secondary N) is 1. The van der Waals surface area contributed by atoms with Gasteiger partial charge in [0.05, 0.1) is 17.6 Å². The first-order valence-electron chi connectivity index (χ1n) is 6.73. The van der Waals surface area contributed by atoms with Crippen LogP contribution in [0.3, 0.4) is 0 Å². The molecule has 100 valence electrons. The maximum absolute atomic E-state index is 12.4. The van der Waals surface area contributed by atoms with Crippen molar-refractivity contribution in [2.24, 2.45) is 5.92 Å². The standard InChI is InChI=1S/C15H19N3O/c1-2-18(15(19)13-7-8-17-10-13)11-14-6-4-3-5-12(14)9-16/h3-6,13,17H,2,7-8,10-11H2,1H3. The minimum atomic E-state index is 0.0918. The number of hydrogen-bond acceptors (Lipinski definition) is 3. The zero-order valence-corrected chi connectivity index (χ0v) is 11.2. The highest BCUT2D eigenvalue weighted by atomic mass is 16.2. The average Bonchev–Trinajstić information content (AvgIpc) is 2.98. The van der Waals surface area contributed by atoms with Crippen molar-refractivity contribution in [1.29, 1.82) is 5.26 Å². The Kier molecular flexibility index (Phi) is 4.53. The molecule has 1 aromatic carbocycles. The summed E-state index contributed by atoms with van der Waals surface area (Å²) in [6.45, 7) is 4.87. The Bertz CT molecular complexity index is 486. The van der Waals surface area contributed by atoms with Crippen LogP contribution >= 0.6 is 0 Å². The molecule has 0 aromatic heterocycles. The zero-order valence-electron chi connectivity index (χ0n) is 11.2. The van der Waals surface area contributed by atoms with Gasteiger partial charge in [0.15, 0.2) is 0 Å². The number of benzene rings is 1. The molecule has 1 saturated heterocycles. The first kappa shape index (κ1) is 13.6. The Morgan fingerprint density at radius 3 is 2.95 bits per heavy atom. The Balaban J connectivity index is 2.10. The molecular weight excluding hydrogens is 238 g/mol. The smallest absolute Gasteiger partial charge is 0.227 e. The largest absolute Gasteiger partial charge is 0.338 e. The summed E-state index contributed by atoms with van der Waals surface area (Å²) in [5, 5.41) is 12.3. The Morgan fingerprint density at radius 1 is 1.53 bits per heavy atom. The SMILES string of the molecule is CCN(Cc1ccccc1C#N)C(=O)C1CCNC1. The summed E-state index contributed by atoms with van der Waals surface area (Å²) in [7, 11) is 0. The average molecular weight is 257 g/mol. The number of carbonyl (C=O) groups is 1. The number of rotatable bonds is 4. The fourth-order valence-corrected chi connectivity index (χ4v) is 2.44. The van der Waals surface area contributed by atoms with E-state index in [-0.39, 0.29) is 11.8 Å². The van der Waals surface area contributed by atoms with Gasteiger partial charge in [-0.1, -0.05) is 18.2 Å². The van der Waals surface area contributed by atoms with Crippen LogP contribution in [0.1, 0.15) is 24.5 Å². The quantitative estimate of drug-likeness (QED) is 0.889. The summed E-state index contributed by atoms with van der Waals surface area (Å²) in [6, 6.07) is 9.65. The fourth-order valence-electron chi connectivity index (χ4n) is 2.44. The van der Waals surface area contributed by atoms with Crippen LogP contribution in [-0.2, 0) is 11.3 Å². The summed E-state index contributed by atoms with van der Waals surface area (Å²) < 4.78 is 0. The second-order valence-electron chi connectivity index (χ2n) is 4.81. The van der Waals surface area contributed by atoms with Gasteiger partial charge in [0, 0.05) is 19.6 Å². The predicted octanol–water partition coefficient (Wildman–Crippen LogP) is 1.52. The molecule has 1 aromatic rings. The number of hydrogen-bond donors (Lipinski definition) is 1. The highest BCUT2D eigenvalue weighted by Gasteiger charge is 2.26. The van der Waals surface area contributed by atoms with Crippen molar-refractivity contribution >= 4 is 5.91 Å². The molecule has 1 atom stereocenters. The van der Waals surface area contributed by atoms with Crippen LogP contribution in [0, 0.1) is 17.2 Å². The lowest BCUT2D eigenvalue weighted by Gasteiger charge is -2.24. The molecule has 0 aliphatic carbocycles. The summed E-state index contributed by atoms with van der Waals surface area (Å²) in [5.41, 5.74) is 1.57. The van der Waals surface area contributed by atoms with Crippen molar-refractivity contribution in [3.8, 4) is 6.07 Å². The second kappa shape index (κ2) is 6.35. The fraction of sp³-hybridized carbons (Fsp3) is 0.467. The van der Waals surface area contributed by atoms with Crippen molar-refractivity contribution < 1.29 is 4.79 Å². The summed E-state index contributed by atoms with van der Waals surface area (Å²) in [4.78, 5) is 14.2. The highest BCUT2D eigenvalue weighted by Crippen LogP contribution is 2.16. The number of carbonyl (C=O) groups excluding carboxylic acids is 1. The van der Waals surface area contributed by atoms with E-state index in [0.717, 1.165) is 25.1 Å². The molecule has 1 unspecified atom stereocenters. The van der Waals surface area contributed by atoms with Gasteiger partial charge in [0.25, 0.3) is 0 Å². The first-order chi connectivity index (χ1) is 9.26. The van der Waals surface area contributed by atoms with Gasteiger partial charge in [0.1, 0.15) is 0 Å². The summed E-state index contributed by atoms with van der Waals surface area (Å²) >= 11 is 0. The van der Waals surface area contributed by atoms with Crippen LogP contribution in [0.2, 0.25) is 0 Å². The lowest BCUT2D eigenvalue weighted by atomic mass is 10.0. The van der Waals surface area contributed by atoms with Gasteiger partial charge in [0.2, 0.25) is 5.91 Å². The van der Waals surface area contributed by atoms with E-state index in [1.54, 1.807) is 6.07 Å². The lowest BCUT2D eigenvalue weighted by Crippen LogP contribution is -2.36. The van der Waals surface area contributed by atoms with Gasteiger partial charge in [-0.3, -0.25) is 4.79 Å². The molecule has 19 heavy (non-hydrogen) atoms. The second-order valence-corrected chi connectivity index (χ2v) is 4.81. The van der Waals surface area contributed by atoms with Crippen molar-refractivity contribution in [2.45, 2.75) is 19.9 Å². The van der Waals surface area contributed by atoms with E-state index in [0.29, 0.717) is 18.7 Å². The number of nitriles is 1.